The molecule has 0 aliphatic rings. The van der Waals surface area contributed by atoms with Crippen LogP contribution in [0, 0.1) is 0 Å². The number of imidazole rings is 1. The van der Waals surface area contributed by atoms with E-state index >= 15 is 0 Å². The number of carbonyl (C=O) groups is 1. The fourth-order valence-corrected chi connectivity index (χ4v) is 2.39. The second-order valence-electron chi connectivity index (χ2n) is 4.84. The van der Waals surface area contributed by atoms with Crippen molar-refractivity contribution >= 4 is 28.6 Å². The molecule has 0 aliphatic carbocycles. The van der Waals surface area contributed by atoms with Crippen LogP contribution in [0.25, 0.3) is 11.0 Å². The fraction of sp³-hybridized carbons (Fsp3) is 0.429. The van der Waals surface area contributed by atoms with E-state index in [4.69, 9.17) is 16.7 Å². The van der Waals surface area contributed by atoms with E-state index < -0.39 is 12.1 Å². The van der Waals surface area contributed by atoms with Gasteiger partial charge in [-0.1, -0.05) is 18.5 Å². The minimum Gasteiger partial charge on any atom is -0.481 e. The van der Waals surface area contributed by atoms with E-state index in [0.717, 1.165) is 11.9 Å². The predicted molar refractivity (Wildman–Crippen MR) is 77.0 cm³/mol. The van der Waals surface area contributed by atoms with Crippen LogP contribution in [0.15, 0.2) is 18.2 Å². The average molecular weight is 297 g/mol. The number of aliphatic carboxylic acids is 1. The molecule has 0 radical (unpaired) electrons. The first-order chi connectivity index (χ1) is 9.43. The number of aliphatic hydroxyl groups is 1. The van der Waals surface area contributed by atoms with Gasteiger partial charge in [0.15, 0.2) is 0 Å². The van der Waals surface area contributed by atoms with Crippen molar-refractivity contribution in [1.29, 1.82) is 0 Å². The summed E-state index contributed by atoms with van der Waals surface area (Å²) in [5.41, 5.74) is 1.51. The van der Waals surface area contributed by atoms with Gasteiger partial charge < -0.3 is 14.8 Å². The minimum absolute atomic E-state index is 0.111. The molecule has 0 fully saturated rings. The molecule has 0 aliphatic heterocycles. The van der Waals surface area contributed by atoms with Crippen molar-refractivity contribution < 1.29 is 15.0 Å². The first-order valence-corrected chi connectivity index (χ1v) is 6.89. The van der Waals surface area contributed by atoms with Crippen LogP contribution >= 0.6 is 11.6 Å². The molecule has 2 atom stereocenters. The number of benzene rings is 1. The van der Waals surface area contributed by atoms with Crippen LogP contribution in [0.5, 0.6) is 0 Å². The molecule has 0 saturated heterocycles. The highest BCUT2D eigenvalue weighted by Gasteiger charge is 2.22. The summed E-state index contributed by atoms with van der Waals surface area (Å²) in [5, 5.41) is 19.5. The maximum absolute atomic E-state index is 10.8. The van der Waals surface area contributed by atoms with E-state index in [1.54, 1.807) is 12.1 Å². The Kier molecular flexibility index (Phi) is 4.30. The third-order valence-corrected chi connectivity index (χ3v) is 3.61. The molecule has 6 heteroatoms. The van der Waals surface area contributed by atoms with Crippen LogP contribution in [0.3, 0.4) is 0 Å². The van der Waals surface area contributed by atoms with E-state index in [1.165, 1.54) is 0 Å². The average Bonchev–Trinajstić information content (AvgIpc) is 2.75. The van der Waals surface area contributed by atoms with Crippen molar-refractivity contribution in [3.05, 3.63) is 29.0 Å². The lowest BCUT2D eigenvalue weighted by Gasteiger charge is -2.18. The largest absolute Gasteiger partial charge is 0.481 e. The van der Waals surface area contributed by atoms with Crippen molar-refractivity contribution in [3.8, 4) is 0 Å². The number of hydrogen-bond acceptors (Lipinski definition) is 3. The molecule has 0 spiro atoms. The Morgan fingerprint density at radius 2 is 2.20 bits per heavy atom. The van der Waals surface area contributed by atoms with Gasteiger partial charge in [0.1, 0.15) is 11.9 Å². The predicted octanol–water partition coefficient (Wildman–Crippen LogP) is 3.17. The number of carboxylic acid groups (broad SMARTS) is 1. The molecular weight excluding hydrogens is 280 g/mol. The molecule has 2 aromatic rings. The second kappa shape index (κ2) is 5.81. The Morgan fingerprint density at radius 3 is 2.80 bits per heavy atom. The van der Waals surface area contributed by atoms with Gasteiger partial charge in [-0.15, -0.1) is 0 Å². The highest BCUT2D eigenvalue weighted by Crippen LogP contribution is 2.29. The lowest BCUT2D eigenvalue weighted by atomic mass is 10.2. The molecule has 0 unspecified atom stereocenters. The summed E-state index contributed by atoms with van der Waals surface area (Å²) >= 11 is 5.95. The molecule has 2 rings (SSSR count). The van der Waals surface area contributed by atoms with E-state index in [1.807, 2.05) is 24.5 Å². The number of aliphatic hydroxyl groups excluding tert-OH is 1. The van der Waals surface area contributed by atoms with Crippen molar-refractivity contribution in [2.24, 2.45) is 0 Å². The normalized spacial score (nSPS) is 14.4. The van der Waals surface area contributed by atoms with Crippen LogP contribution in [0.1, 0.15) is 44.7 Å². The molecule has 0 saturated carbocycles. The monoisotopic (exact) mass is 296 g/mol. The van der Waals surface area contributed by atoms with Crippen molar-refractivity contribution in [1.82, 2.24) is 9.55 Å². The summed E-state index contributed by atoms with van der Waals surface area (Å²) in [7, 11) is 0. The SMILES string of the molecule is CC[C@@H](C)n1c([C@H](O)CC(=O)O)nc2cc(Cl)ccc21. The summed E-state index contributed by atoms with van der Waals surface area (Å²) in [6.45, 7) is 4.03. The summed E-state index contributed by atoms with van der Waals surface area (Å²) in [5.74, 6) is -0.683. The van der Waals surface area contributed by atoms with Gasteiger partial charge in [0.2, 0.25) is 0 Å². The van der Waals surface area contributed by atoms with Gasteiger partial charge in [-0.3, -0.25) is 4.79 Å². The summed E-state index contributed by atoms with van der Waals surface area (Å²) in [4.78, 5) is 15.1. The smallest absolute Gasteiger partial charge is 0.306 e. The zero-order valence-corrected chi connectivity index (χ0v) is 12.1. The van der Waals surface area contributed by atoms with Crippen LogP contribution < -0.4 is 0 Å². The highest BCUT2D eigenvalue weighted by molar-refractivity contribution is 6.31. The molecule has 5 nitrogen and oxygen atoms in total. The Bertz CT molecular complexity index is 639. The van der Waals surface area contributed by atoms with Crippen molar-refractivity contribution in [2.45, 2.75) is 38.8 Å². The number of rotatable bonds is 5. The van der Waals surface area contributed by atoms with E-state index in [2.05, 4.69) is 4.98 Å². The fourth-order valence-electron chi connectivity index (χ4n) is 2.23. The van der Waals surface area contributed by atoms with Gasteiger partial charge in [-0.25, -0.2) is 4.98 Å². The number of halogens is 1. The molecule has 0 bridgehead atoms. The van der Waals surface area contributed by atoms with Crippen LogP contribution in [-0.2, 0) is 4.79 Å². The lowest BCUT2D eigenvalue weighted by Crippen LogP contribution is -2.15. The molecule has 20 heavy (non-hydrogen) atoms. The van der Waals surface area contributed by atoms with Crippen molar-refractivity contribution in [2.75, 3.05) is 0 Å². The summed E-state index contributed by atoms with van der Waals surface area (Å²) < 4.78 is 1.89. The zero-order chi connectivity index (χ0) is 14.9. The summed E-state index contributed by atoms with van der Waals surface area (Å²) in [6, 6.07) is 5.43. The molecule has 0 amide bonds. The standard InChI is InChI=1S/C14H17ClN2O3/c1-3-8(2)17-11-5-4-9(15)6-10(11)16-14(17)12(18)7-13(19)20/h4-6,8,12,18H,3,7H2,1-2H3,(H,19,20)/t8-,12-/m1/s1. The number of hydrogen-bond donors (Lipinski definition) is 2. The van der Waals surface area contributed by atoms with Gasteiger partial charge in [-0.05, 0) is 31.5 Å². The van der Waals surface area contributed by atoms with Gasteiger partial charge in [-0.2, -0.15) is 0 Å². The highest BCUT2D eigenvalue weighted by atomic mass is 35.5. The molecular formula is C14H17ClN2O3. The second-order valence-corrected chi connectivity index (χ2v) is 5.28. The quantitative estimate of drug-likeness (QED) is 0.888. The van der Waals surface area contributed by atoms with Crippen LogP contribution in [-0.4, -0.2) is 25.7 Å². The maximum atomic E-state index is 10.8. The van der Waals surface area contributed by atoms with E-state index in [0.29, 0.717) is 16.4 Å². The van der Waals surface area contributed by atoms with Gasteiger partial charge in [0.05, 0.1) is 17.5 Å². The van der Waals surface area contributed by atoms with E-state index in [9.17, 15) is 9.90 Å². The molecule has 1 aromatic heterocycles. The van der Waals surface area contributed by atoms with Gasteiger partial charge >= 0.3 is 5.97 Å². The Hall–Kier alpha value is -1.59. The van der Waals surface area contributed by atoms with Crippen molar-refractivity contribution in [3.63, 3.8) is 0 Å². The topological polar surface area (TPSA) is 75.4 Å². The summed E-state index contributed by atoms with van der Waals surface area (Å²) in [6.07, 6.45) is -0.651. The zero-order valence-electron chi connectivity index (χ0n) is 11.4. The Labute approximate surface area is 121 Å². The molecule has 1 aromatic carbocycles. The molecule has 2 N–H and O–H groups in total. The van der Waals surface area contributed by atoms with Crippen LogP contribution in [0.4, 0.5) is 0 Å². The molecule has 1 heterocycles. The number of aromatic nitrogens is 2. The number of fused-ring (bicyclic) bond motifs is 1. The molecule has 108 valence electrons. The lowest BCUT2D eigenvalue weighted by molar-refractivity contribution is -0.139. The minimum atomic E-state index is -1.13. The van der Waals surface area contributed by atoms with Crippen LogP contribution in [0.2, 0.25) is 5.02 Å². The number of nitrogens with zero attached hydrogens (tertiary/aromatic N) is 2. The first kappa shape index (κ1) is 14.8. The van der Waals surface area contributed by atoms with E-state index in [-0.39, 0.29) is 12.5 Å². The maximum Gasteiger partial charge on any atom is 0.306 e. The third-order valence-electron chi connectivity index (χ3n) is 3.38. The Morgan fingerprint density at radius 1 is 1.50 bits per heavy atom. The Balaban J connectivity index is 2.59. The first-order valence-electron chi connectivity index (χ1n) is 6.51. The number of carboxylic acids is 1. The van der Waals surface area contributed by atoms with Gasteiger partial charge in [0, 0.05) is 11.1 Å². The third kappa shape index (κ3) is 2.78. The van der Waals surface area contributed by atoms with Gasteiger partial charge in [0.25, 0.3) is 0 Å².